The van der Waals surface area contributed by atoms with E-state index in [4.69, 9.17) is 14.8 Å². The molecule has 0 amide bonds. The standard InChI is InChI=1S/C11H14BF3O3/c1-2-3-6-18-8-4-5-10(12(16)17)9(7-8)11(13,14)15/h4-5,7,16-17H,2-3,6H2,1H3. The lowest BCUT2D eigenvalue weighted by molar-refractivity contribution is -0.137. The maximum Gasteiger partial charge on any atom is 0.489 e. The molecule has 3 nitrogen and oxygen atoms in total. The summed E-state index contributed by atoms with van der Waals surface area (Å²) in [5.41, 5.74) is -1.67. The third-order valence-corrected chi connectivity index (χ3v) is 2.37. The molecular formula is C11H14BF3O3. The first-order chi connectivity index (χ1) is 8.36. The minimum Gasteiger partial charge on any atom is -0.494 e. The van der Waals surface area contributed by atoms with Gasteiger partial charge in [0.25, 0.3) is 0 Å². The van der Waals surface area contributed by atoms with E-state index in [0.717, 1.165) is 25.0 Å². The van der Waals surface area contributed by atoms with Gasteiger partial charge in [-0.15, -0.1) is 0 Å². The fourth-order valence-electron chi connectivity index (χ4n) is 1.43. The minimum atomic E-state index is -4.65. The molecule has 0 spiro atoms. The third-order valence-electron chi connectivity index (χ3n) is 2.37. The molecule has 0 heterocycles. The monoisotopic (exact) mass is 262 g/mol. The highest BCUT2D eigenvalue weighted by atomic mass is 19.4. The molecule has 1 aromatic rings. The summed E-state index contributed by atoms with van der Waals surface area (Å²) in [7, 11) is -2.16. The number of hydrogen-bond donors (Lipinski definition) is 2. The molecule has 0 fully saturated rings. The molecule has 0 aliphatic carbocycles. The molecule has 0 saturated carbocycles. The zero-order valence-corrected chi connectivity index (χ0v) is 9.87. The zero-order valence-electron chi connectivity index (χ0n) is 9.87. The molecule has 2 N–H and O–H groups in total. The summed E-state index contributed by atoms with van der Waals surface area (Å²) in [4.78, 5) is 0. The Labute approximate surface area is 103 Å². The van der Waals surface area contributed by atoms with Crippen molar-refractivity contribution < 1.29 is 28.0 Å². The molecular weight excluding hydrogens is 248 g/mol. The molecule has 0 saturated heterocycles. The van der Waals surface area contributed by atoms with Gasteiger partial charge in [-0.3, -0.25) is 0 Å². The fourth-order valence-corrected chi connectivity index (χ4v) is 1.43. The molecule has 1 rings (SSSR count). The SMILES string of the molecule is CCCCOc1ccc(B(O)O)c(C(F)(F)F)c1. The van der Waals surface area contributed by atoms with Crippen LogP contribution in [0.5, 0.6) is 5.75 Å². The smallest absolute Gasteiger partial charge is 0.489 e. The summed E-state index contributed by atoms with van der Waals surface area (Å²) in [5, 5.41) is 17.8. The van der Waals surface area contributed by atoms with Crippen molar-refractivity contribution in [1.82, 2.24) is 0 Å². The van der Waals surface area contributed by atoms with E-state index in [9.17, 15) is 13.2 Å². The molecule has 18 heavy (non-hydrogen) atoms. The van der Waals surface area contributed by atoms with E-state index in [2.05, 4.69) is 0 Å². The van der Waals surface area contributed by atoms with Crippen molar-refractivity contribution in [2.75, 3.05) is 6.61 Å². The van der Waals surface area contributed by atoms with Crippen LogP contribution in [-0.4, -0.2) is 23.8 Å². The van der Waals surface area contributed by atoms with E-state index < -0.39 is 24.3 Å². The van der Waals surface area contributed by atoms with Crippen molar-refractivity contribution >= 4 is 12.6 Å². The molecule has 0 unspecified atom stereocenters. The lowest BCUT2D eigenvalue weighted by Gasteiger charge is -2.14. The Morgan fingerprint density at radius 3 is 2.44 bits per heavy atom. The van der Waals surface area contributed by atoms with Crippen molar-refractivity contribution in [2.24, 2.45) is 0 Å². The van der Waals surface area contributed by atoms with Gasteiger partial charge in [0.2, 0.25) is 0 Å². The summed E-state index contributed by atoms with van der Waals surface area (Å²) >= 11 is 0. The lowest BCUT2D eigenvalue weighted by Crippen LogP contribution is -2.36. The van der Waals surface area contributed by atoms with Crippen molar-refractivity contribution in [3.05, 3.63) is 23.8 Å². The molecule has 0 radical (unpaired) electrons. The van der Waals surface area contributed by atoms with Crippen LogP contribution in [0.15, 0.2) is 18.2 Å². The average Bonchev–Trinajstić information content (AvgIpc) is 2.28. The first-order valence-corrected chi connectivity index (χ1v) is 5.56. The van der Waals surface area contributed by atoms with Gasteiger partial charge in [0.05, 0.1) is 12.2 Å². The van der Waals surface area contributed by atoms with Gasteiger partial charge in [-0.25, -0.2) is 0 Å². The van der Waals surface area contributed by atoms with Crippen LogP contribution in [0.25, 0.3) is 0 Å². The summed E-state index contributed by atoms with van der Waals surface area (Å²) in [5.74, 6) is 0.0696. The number of unbranched alkanes of at least 4 members (excludes halogenated alkanes) is 1. The number of benzene rings is 1. The topological polar surface area (TPSA) is 49.7 Å². The fraction of sp³-hybridized carbons (Fsp3) is 0.455. The summed E-state index contributed by atoms with van der Waals surface area (Å²) in [6.07, 6.45) is -3.03. The third kappa shape index (κ3) is 3.92. The predicted octanol–water partition coefficient (Wildman–Crippen LogP) is 1.56. The van der Waals surface area contributed by atoms with E-state index in [0.29, 0.717) is 6.61 Å². The maximum absolute atomic E-state index is 12.7. The maximum atomic E-state index is 12.7. The Morgan fingerprint density at radius 1 is 1.28 bits per heavy atom. The molecule has 0 aromatic heterocycles. The highest BCUT2D eigenvalue weighted by Gasteiger charge is 2.36. The van der Waals surface area contributed by atoms with E-state index in [-0.39, 0.29) is 5.75 Å². The van der Waals surface area contributed by atoms with Crippen molar-refractivity contribution in [3.8, 4) is 5.75 Å². The molecule has 0 bridgehead atoms. The molecule has 100 valence electrons. The van der Waals surface area contributed by atoms with Crippen LogP contribution in [0.1, 0.15) is 25.3 Å². The molecule has 0 aliphatic heterocycles. The highest BCUT2D eigenvalue weighted by Crippen LogP contribution is 2.30. The lowest BCUT2D eigenvalue weighted by atomic mass is 9.77. The van der Waals surface area contributed by atoms with Gasteiger partial charge in [0, 0.05) is 0 Å². The van der Waals surface area contributed by atoms with Gasteiger partial charge in [-0.2, -0.15) is 13.2 Å². The quantitative estimate of drug-likeness (QED) is 0.625. The first-order valence-electron chi connectivity index (χ1n) is 5.56. The highest BCUT2D eigenvalue weighted by molar-refractivity contribution is 6.59. The van der Waals surface area contributed by atoms with E-state index in [1.54, 1.807) is 0 Å². The minimum absolute atomic E-state index is 0.0696. The van der Waals surface area contributed by atoms with Gasteiger partial charge in [-0.05, 0) is 24.0 Å². The van der Waals surface area contributed by atoms with Crippen molar-refractivity contribution in [2.45, 2.75) is 25.9 Å². The summed E-state index contributed by atoms with van der Waals surface area (Å²) in [6.45, 7) is 2.27. The van der Waals surface area contributed by atoms with Gasteiger partial charge < -0.3 is 14.8 Å². The van der Waals surface area contributed by atoms with Crippen LogP contribution in [0, 0.1) is 0 Å². The zero-order chi connectivity index (χ0) is 13.8. The first kappa shape index (κ1) is 14.9. The van der Waals surface area contributed by atoms with Crippen LogP contribution < -0.4 is 10.2 Å². The second-order valence-corrected chi connectivity index (χ2v) is 3.82. The number of hydrogen-bond acceptors (Lipinski definition) is 3. The van der Waals surface area contributed by atoms with Crippen molar-refractivity contribution in [3.63, 3.8) is 0 Å². The summed E-state index contributed by atoms with van der Waals surface area (Å²) in [6, 6.07) is 3.08. The average molecular weight is 262 g/mol. The van der Waals surface area contributed by atoms with Crippen LogP contribution in [0.4, 0.5) is 13.2 Å². The number of alkyl halides is 3. The Bertz CT molecular complexity index is 394. The van der Waals surface area contributed by atoms with E-state index in [1.807, 2.05) is 6.92 Å². The van der Waals surface area contributed by atoms with Crippen LogP contribution >= 0.6 is 0 Å². The largest absolute Gasteiger partial charge is 0.494 e. The van der Waals surface area contributed by atoms with Gasteiger partial charge in [0.15, 0.2) is 0 Å². The molecule has 0 aliphatic rings. The van der Waals surface area contributed by atoms with Crippen LogP contribution in [0.3, 0.4) is 0 Å². The Balaban J connectivity index is 2.99. The number of halogens is 3. The van der Waals surface area contributed by atoms with E-state index in [1.165, 1.54) is 6.07 Å². The second-order valence-electron chi connectivity index (χ2n) is 3.82. The Morgan fingerprint density at radius 2 is 1.94 bits per heavy atom. The number of rotatable bonds is 5. The molecule has 0 atom stereocenters. The normalized spacial score (nSPS) is 11.4. The van der Waals surface area contributed by atoms with E-state index >= 15 is 0 Å². The van der Waals surface area contributed by atoms with Crippen LogP contribution in [-0.2, 0) is 6.18 Å². The molecule has 7 heteroatoms. The van der Waals surface area contributed by atoms with Gasteiger partial charge >= 0.3 is 13.3 Å². The van der Waals surface area contributed by atoms with Crippen molar-refractivity contribution in [1.29, 1.82) is 0 Å². The number of ether oxygens (including phenoxy) is 1. The second kappa shape index (κ2) is 6.11. The van der Waals surface area contributed by atoms with Crippen LogP contribution in [0.2, 0.25) is 0 Å². The van der Waals surface area contributed by atoms with Gasteiger partial charge in [0.1, 0.15) is 5.75 Å². The predicted molar refractivity (Wildman–Crippen MR) is 61.7 cm³/mol. The summed E-state index contributed by atoms with van der Waals surface area (Å²) < 4.78 is 43.3. The molecule has 1 aromatic carbocycles. The Hall–Kier alpha value is -1.21. The van der Waals surface area contributed by atoms with Gasteiger partial charge in [-0.1, -0.05) is 19.4 Å². The Kier molecular flexibility index (Phi) is 5.04.